The van der Waals surface area contributed by atoms with Crippen molar-refractivity contribution in [3.63, 3.8) is 0 Å². The normalized spacial score (nSPS) is 10.3. The molecule has 2 aromatic rings. The van der Waals surface area contributed by atoms with E-state index in [0.717, 1.165) is 4.68 Å². The van der Waals surface area contributed by atoms with Gasteiger partial charge in [-0.25, -0.2) is 9.07 Å². The van der Waals surface area contributed by atoms with Crippen molar-refractivity contribution < 1.29 is 9.18 Å². The average Bonchev–Trinajstić information content (AvgIpc) is 2.42. The first-order valence-electron chi connectivity index (χ1n) is 5.44. The van der Waals surface area contributed by atoms with Crippen LogP contribution < -0.4 is 10.9 Å². The van der Waals surface area contributed by atoms with Gasteiger partial charge in [-0.05, 0) is 24.3 Å². The number of amides is 1. The number of rotatable bonds is 3. The zero-order chi connectivity index (χ0) is 14.7. The van der Waals surface area contributed by atoms with Crippen LogP contribution in [-0.2, 0) is 11.3 Å². The van der Waals surface area contributed by atoms with Crippen LogP contribution in [0, 0.1) is 5.82 Å². The highest BCUT2D eigenvalue weighted by molar-refractivity contribution is 6.41. The molecule has 0 unspecified atom stereocenters. The molecule has 1 heterocycles. The molecule has 20 heavy (non-hydrogen) atoms. The van der Waals surface area contributed by atoms with Crippen LogP contribution in [0.2, 0.25) is 10.0 Å². The first kappa shape index (κ1) is 14.5. The minimum absolute atomic E-state index is 0.0202. The lowest BCUT2D eigenvalue weighted by molar-refractivity contribution is -0.117. The molecule has 0 saturated heterocycles. The van der Waals surface area contributed by atoms with Crippen LogP contribution >= 0.6 is 23.2 Å². The third kappa shape index (κ3) is 3.34. The molecule has 0 spiro atoms. The SMILES string of the molecule is O=C(Cn1ncc(Cl)c(Cl)c1=O)Nc1ccc(F)cc1. The molecule has 0 aliphatic heterocycles. The van der Waals surface area contributed by atoms with E-state index in [1.165, 1.54) is 30.5 Å². The molecule has 2 rings (SSSR count). The number of halogens is 3. The van der Waals surface area contributed by atoms with Gasteiger partial charge in [-0.1, -0.05) is 23.2 Å². The summed E-state index contributed by atoms with van der Waals surface area (Å²) in [6.07, 6.45) is 1.18. The van der Waals surface area contributed by atoms with Crippen molar-refractivity contribution in [2.75, 3.05) is 5.32 Å². The summed E-state index contributed by atoms with van der Waals surface area (Å²) in [4.78, 5) is 23.4. The van der Waals surface area contributed by atoms with Gasteiger partial charge in [0.25, 0.3) is 5.56 Å². The first-order chi connectivity index (χ1) is 9.47. The molecule has 0 fully saturated rings. The van der Waals surface area contributed by atoms with Crippen molar-refractivity contribution in [1.29, 1.82) is 0 Å². The fourth-order valence-corrected chi connectivity index (χ4v) is 1.70. The van der Waals surface area contributed by atoms with Crippen molar-refractivity contribution in [2.24, 2.45) is 0 Å². The average molecular weight is 316 g/mol. The Morgan fingerprint density at radius 2 is 1.95 bits per heavy atom. The second kappa shape index (κ2) is 6.02. The second-order valence-corrected chi connectivity index (χ2v) is 4.61. The van der Waals surface area contributed by atoms with Crippen molar-refractivity contribution in [3.8, 4) is 0 Å². The lowest BCUT2D eigenvalue weighted by atomic mass is 10.3. The Labute approximate surface area is 122 Å². The largest absolute Gasteiger partial charge is 0.324 e. The first-order valence-corrected chi connectivity index (χ1v) is 6.19. The van der Waals surface area contributed by atoms with Gasteiger partial charge in [0, 0.05) is 5.69 Å². The van der Waals surface area contributed by atoms with Crippen LogP contribution in [0.1, 0.15) is 0 Å². The van der Waals surface area contributed by atoms with E-state index in [9.17, 15) is 14.0 Å². The summed E-state index contributed by atoms with van der Waals surface area (Å²) in [6, 6.07) is 5.22. The van der Waals surface area contributed by atoms with E-state index >= 15 is 0 Å². The van der Waals surface area contributed by atoms with Gasteiger partial charge in [0.1, 0.15) is 17.4 Å². The molecule has 0 bridgehead atoms. The number of hydrogen-bond acceptors (Lipinski definition) is 3. The zero-order valence-electron chi connectivity index (χ0n) is 9.94. The van der Waals surface area contributed by atoms with Crippen LogP contribution in [0.5, 0.6) is 0 Å². The molecule has 1 aromatic carbocycles. The minimum Gasteiger partial charge on any atom is -0.324 e. The number of nitrogens with zero attached hydrogens (tertiary/aromatic N) is 2. The van der Waals surface area contributed by atoms with Crippen LogP contribution in [0.4, 0.5) is 10.1 Å². The molecule has 0 aliphatic carbocycles. The number of hydrogen-bond donors (Lipinski definition) is 1. The maximum Gasteiger partial charge on any atom is 0.287 e. The van der Waals surface area contributed by atoms with Gasteiger partial charge in [0.2, 0.25) is 5.91 Å². The maximum absolute atomic E-state index is 12.7. The summed E-state index contributed by atoms with van der Waals surface area (Å²) >= 11 is 11.3. The van der Waals surface area contributed by atoms with Crippen LogP contribution in [0.25, 0.3) is 0 Å². The zero-order valence-corrected chi connectivity index (χ0v) is 11.5. The Morgan fingerprint density at radius 3 is 2.60 bits per heavy atom. The highest BCUT2D eigenvalue weighted by Crippen LogP contribution is 2.14. The van der Waals surface area contributed by atoms with Crippen molar-refractivity contribution in [3.05, 3.63) is 56.7 Å². The van der Waals surface area contributed by atoms with Gasteiger partial charge in [-0.2, -0.15) is 5.10 Å². The van der Waals surface area contributed by atoms with E-state index in [-0.39, 0.29) is 16.6 Å². The Bertz CT molecular complexity index is 701. The van der Waals surface area contributed by atoms with E-state index in [1.807, 2.05) is 0 Å². The highest BCUT2D eigenvalue weighted by Gasteiger charge is 2.11. The highest BCUT2D eigenvalue weighted by atomic mass is 35.5. The third-order valence-electron chi connectivity index (χ3n) is 2.36. The summed E-state index contributed by atoms with van der Waals surface area (Å²) < 4.78 is 13.6. The molecule has 1 amide bonds. The number of carbonyl (C=O) groups is 1. The second-order valence-electron chi connectivity index (χ2n) is 3.82. The molecule has 1 N–H and O–H groups in total. The summed E-state index contributed by atoms with van der Waals surface area (Å²) in [5.41, 5.74) is -0.252. The maximum atomic E-state index is 12.7. The molecular formula is C12H8Cl2FN3O2. The lowest BCUT2D eigenvalue weighted by Crippen LogP contribution is -2.29. The van der Waals surface area contributed by atoms with Crippen LogP contribution in [0.15, 0.2) is 35.3 Å². The molecule has 1 aromatic heterocycles. The van der Waals surface area contributed by atoms with Gasteiger partial charge < -0.3 is 5.32 Å². The molecule has 0 radical (unpaired) electrons. The molecule has 0 atom stereocenters. The van der Waals surface area contributed by atoms with E-state index in [4.69, 9.17) is 23.2 Å². The summed E-state index contributed by atoms with van der Waals surface area (Å²) in [5, 5.41) is 6.02. The number of aromatic nitrogens is 2. The number of anilines is 1. The fourth-order valence-electron chi connectivity index (χ4n) is 1.43. The van der Waals surface area contributed by atoms with E-state index in [2.05, 4.69) is 10.4 Å². The van der Waals surface area contributed by atoms with Crippen LogP contribution in [-0.4, -0.2) is 15.7 Å². The summed E-state index contributed by atoms with van der Waals surface area (Å²) in [7, 11) is 0. The van der Waals surface area contributed by atoms with Gasteiger partial charge in [0.05, 0.1) is 11.2 Å². The van der Waals surface area contributed by atoms with E-state index in [0.29, 0.717) is 5.69 Å². The summed E-state index contributed by atoms with van der Waals surface area (Å²) in [5.74, 6) is -0.907. The molecule has 0 saturated carbocycles. The lowest BCUT2D eigenvalue weighted by Gasteiger charge is -2.07. The van der Waals surface area contributed by atoms with Crippen molar-refractivity contribution in [2.45, 2.75) is 6.54 Å². The third-order valence-corrected chi connectivity index (χ3v) is 3.11. The number of nitrogens with one attached hydrogen (secondary N) is 1. The van der Waals surface area contributed by atoms with Crippen molar-refractivity contribution in [1.82, 2.24) is 9.78 Å². The fraction of sp³-hybridized carbons (Fsp3) is 0.0833. The predicted molar refractivity (Wildman–Crippen MR) is 73.5 cm³/mol. The van der Waals surface area contributed by atoms with Crippen molar-refractivity contribution >= 4 is 34.8 Å². The summed E-state index contributed by atoms with van der Waals surface area (Å²) in [6.45, 7) is -0.326. The Morgan fingerprint density at radius 1 is 1.30 bits per heavy atom. The molecule has 104 valence electrons. The smallest absolute Gasteiger partial charge is 0.287 e. The van der Waals surface area contributed by atoms with Crippen LogP contribution in [0.3, 0.4) is 0 Å². The van der Waals surface area contributed by atoms with Gasteiger partial charge in [-0.15, -0.1) is 0 Å². The standard InChI is InChI=1S/C12H8Cl2FN3O2/c13-9-5-16-18(12(20)11(9)14)6-10(19)17-8-3-1-7(15)2-4-8/h1-5H,6H2,(H,17,19). The quantitative estimate of drug-likeness (QED) is 0.945. The van der Waals surface area contributed by atoms with Gasteiger partial charge in [-0.3, -0.25) is 9.59 Å². The monoisotopic (exact) mass is 315 g/mol. The molecule has 8 heteroatoms. The molecule has 0 aliphatic rings. The van der Waals surface area contributed by atoms with Gasteiger partial charge >= 0.3 is 0 Å². The predicted octanol–water partition coefficient (Wildman–Crippen LogP) is 2.33. The number of benzene rings is 1. The Balaban J connectivity index is 2.11. The van der Waals surface area contributed by atoms with Gasteiger partial charge in [0.15, 0.2) is 0 Å². The number of carbonyl (C=O) groups excluding carboxylic acids is 1. The Hall–Kier alpha value is -1.92. The Kier molecular flexibility index (Phi) is 4.36. The molecular weight excluding hydrogens is 308 g/mol. The topological polar surface area (TPSA) is 64.0 Å². The van der Waals surface area contributed by atoms with E-state index in [1.54, 1.807) is 0 Å². The van der Waals surface area contributed by atoms with E-state index < -0.39 is 17.3 Å². The minimum atomic E-state index is -0.659. The molecule has 5 nitrogen and oxygen atoms in total.